The summed E-state index contributed by atoms with van der Waals surface area (Å²) in [5.74, 6) is 0.226. The van der Waals surface area contributed by atoms with Crippen molar-refractivity contribution in [2.24, 2.45) is 0 Å². The Morgan fingerprint density at radius 2 is 0.842 bits per heavy atom. The molecule has 3 amide bonds. The van der Waals surface area contributed by atoms with Crippen molar-refractivity contribution in [3.05, 3.63) is 146 Å². The zero-order valence-corrected chi connectivity index (χ0v) is 20.5. The van der Waals surface area contributed by atoms with E-state index in [4.69, 9.17) is 4.74 Å². The second-order valence-electron chi connectivity index (χ2n) is 8.31. The van der Waals surface area contributed by atoms with E-state index in [1.807, 2.05) is 121 Å². The van der Waals surface area contributed by atoms with E-state index in [-0.39, 0.29) is 5.75 Å². The maximum atomic E-state index is 13.6. The van der Waals surface area contributed by atoms with E-state index in [0.717, 1.165) is 0 Å². The number of amides is 3. The molecule has 5 aromatic rings. The number of anilines is 5. The molecule has 6 nitrogen and oxygen atoms in total. The number of nitrogens with zero attached hydrogens (tertiary/aromatic N) is 2. The van der Waals surface area contributed by atoms with Crippen molar-refractivity contribution in [1.82, 2.24) is 0 Å². The maximum Gasteiger partial charge on any atom is 0.424 e. The summed E-state index contributed by atoms with van der Waals surface area (Å²) in [6, 6.07) is 43.7. The second kappa shape index (κ2) is 11.6. The van der Waals surface area contributed by atoms with Crippen molar-refractivity contribution in [3.63, 3.8) is 0 Å². The normalized spacial score (nSPS) is 10.3. The summed E-state index contributed by atoms with van der Waals surface area (Å²) in [6.07, 6.45) is -0.605. The van der Waals surface area contributed by atoms with Crippen molar-refractivity contribution in [2.45, 2.75) is 0 Å². The third kappa shape index (κ3) is 5.55. The van der Waals surface area contributed by atoms with Gasteiger partial charge < -0.3 is 10.1 Å². The van der Waals surface area contributed by atoms with Crippen LogP contribution >= 0.6 is 0 Å². The lowest BCUT2D eigenvalue weighted by atomic mass is 10.2. The van der Waals surface area contributed by atoms with Crippen molar-refractivity contribution in [1.29, 1.82) is 0 Å². The highest BCUT2D eigenvalue weighted by atomic mass is 16.6. The first-order valence-corrected chi connectivity index (χ1v) is 12.1. The van der Waals surface area contributed by atoms with Gasteiger partial charge in [-0.2, -0.15) is 0 Å². The number of ether oxygens (including phenoxy) is 1. The van der Waals surface area contributed by atoms with Gasteiger partial charge in [-0.1, -0.05) is 84.9 Å². The minimum atomic E-state index is -0.605. The van der Waals surface area contributed by atoms with Gasteiger partial charge in [0, 0.05) is 0 Å². The molecule has 6 heteroatoms. The average molecular weight is 500 g/mol. The van der Waals surface area contributed by atoms with E-state index in [0.29, 0.717) is 28.4 Å². The van der Waals surface area contributed by atoms with E-state index in [9.17, 15) is 9.59 Å². The van der Waals surface area contributed by atoms with Gasteiger partial charge in [0.15, 0.2) is 5.75 Å². The van der Waals surface area contributed by atoms with Gasteiger partial charge in [0.2, 0.25) is 0 Å². The Morgan fingerprint density at radius 1 is 0.474 bits per heavy atom. The third-order valence-corrected chi connectivity index (χ3v) is 5.77. The van der Waals surface area contributed by atoms with E-state index < -0.39 is 12.1 Å². The van der Waals surface area contributed by atoms with Gasteiger partial charge in [-0.25, -0.2) is 14.5 Å². The monoisotopic (exact) mass is 499 g/mol. The van der Waals surface area contributed by atoms with Gasteiger partial charge in [-0.15, -0.1) is 0 Å². The van der Waals surface area contributed by atoms with Crippen LogP contribution in [0, 0.1) is 0 Å². The molecule has 0 radical (unpaired) electrons. The summed E-state index contributed by atoms with van der Waals surface area (Å²) in [6.45, 7) is 0. The lowest BCUT2D eigenvalue weighted by molar-refractivity contribution is 0.210. The van der Waals surface area contributed by atoms with E-state index in [2.05, 4.69) is 5.32 Å². The fraction of sp³-hybridized carbons (Fsp3) is 0. The van der Waals surface area contributed by atoms with E-state index >= 15 is 0 Å². The summed E-state index contributed by atoms with van der Waals surface area (Å²) in [5.41, 5.74) is 3.08. The number of hydrogen-bond acceptors (Lipinski definition) is 3. The minimum Gasteiger partial charge on any atom is -0.407 e. The lowest BCUT2D eigenvalue weighted by Crippen LogP contribution is -2.32. The first-order valence-electron chi connectivity index (χ1n) is 12.1. The van der Waals surface area contributed by atoms with Crippen molar-refractivity contribution in [3.8, 4) is 5.75 Å². The molecule has 0 saturated carbocycles. The SMILES string of the molecule is O=C(Nc1ccccc1OC(=O)N(c1ccccc1)c1ccccc1)N(c1ccccc1)c1ccccc1. The van der Waals surface area contributed by atoms with Crippen LogP contribution in [0.4, 0.5) is 38.0 Å². The number of carbonyl (C=O) groups is 2. The van der Waals surface area contributed by atoms with Gasteiger partial charge in [0.05, 0.1) is 28.4 Å². The molecule has 0 aliphatic rings. The zero-order chi connectivity index (χ0) is 26.2. The van der Waals surface area contributed by atoms with Crippen molar-refractivity contribution in [2.75, 3.05) is 15.1 Å². The number of nitrogens with one attached hydrogen (secondary N) is 1. The molecular formula is C32H25N3O3. The Hall–Kier alpha value is -5.36. The summed E-state index contributed by atoms with van der Waals surface area (Å²) >= 11 is 0. The summed E-state index contributed by atoms with van der Waals surface area (Å²) < 4.78 is 5.86. The Kier molecular flexibility index (Phi) is 7.42. The first kappa shape index (κ1) is 24.3. The van der Waals surface area contributed by atoms with Crippen LogP contribution in [0.5, 0.6) is 5.75 Å². The molecule has 0 heterocycles. The van der Waals surface area contributed by atoms with Crippen LogP contribution in [0.2, 0.25) is 0 Å². The van der Waals surface area contributed by atoms with Gasteiger partial charge in [0.1, 0.15) is 0 Å². The standard InChI is InChI=1S/C32H25N3O3/c36-31(34(25-15-5-1-6-16-25)26-17-7-2-8-18-26)33-29-23-13-14-24-30(29)38-32(37)35(27-19-9-3-10-20-27)28-21-11-4-12-22-28/h1-24H,(H,33,36). The van der Waals surface area contributed by atoms with Crippen LogP contribution in [0.15, 0.2) is 146 Å². The van der Waals surface area contributed by atoms with E-state index in [1.165, 1.54) is 4.90 Å². The summed E-state index contributed by atoms with van der Waals surface area (Å²) in [4.78, 5) is 30.2. The van der Waals surface area contributed by atoms with Crippen molar-refractivity contribution < 1.29 is 14.3 Å². The highest BCUT2D eigenvalue weighted by molar-refractivity contribution is 6.08. The van der Waals surface area contributed by atoms with Crippen LogP contribution in [0.25, 0.3) is 0 Å². The number of rotatable bonds is 6. The Balaban J connectivity index is 1.43. The second-order valence-corrected chi connectivity index (χ2v) is 8.31. The van der Waals surface area contributed by atoms with Crippen molar-refractivity contribution >= 4 is 40.6 Å². The molecule has 0 fully saturated rings. The predicted molar refractivity (Wildman–Crippen MR) is 152 cm³/mol. The van der Waals surface area contributed by atoms with Crippen LogP contribution in [-0.4, -0.2) is 12.1 Å². The van der Waals surface area contributed by atoms with Gasteiger partial charge in [0.25, 0.3) is 0 Å². The Labute approximate surface area is 221 Å². The van der Waals surface area contributed by atoms with Gasteiger partial charge in [-0.05, 0) is 60.7 Å². The molecule has 0 aliphatic heterocycles. The zero-order valence-electron chi connectivity index (χ0n) is 20.5. The highest BCUT2D eigenvalue weighted by Gasteiger charge is 2.23. The smallest absolute Gasteiger partial charge is 0.407 e. The minimum absolute atomic E-state index is 0.226. The van der Waals surface area contributed by atoms with E-state index in [1.54, 1.807) is 29.2 Å². The summed E-state index contributed by atoms with van der Waals surface area (Å²) in [7, 11) is 0. The molecule has 0 unspecified atom stereocenters. The molecule has 0 bridgehead atoms. The molecule has 0 spiro atoms. The summed E-state index contributed by atoms with van der Waals surface area (Å²) in [5, 5.41) is 2.92. The number of urea groups is 1. The molecule has 1 N–H and O–H groups in total. The lowest BCUT2D eigenvalue weighted by Gasteiger charge is -2.25. The van der Waals surface area contributed by atoms with Crippen LogP contribution in [0.3, 0.4) is 0 Å². The van der Waals surface area contributed by atoms with Gasteiger partial charge in [-0.3, -0.25) is 4.90 Å². The molecule has 5 rings (SSSR count). The molecule has 186 valence electrons. The third-order valence-electron chi connectivity index (χ3n) is 5.77. The molecule has 0 aromatic heterocycles. The average Bonchev–Trinajstić information content (AvgIpc) is 2.97. The first-order chi connectivity index (χ1) is 18.7. The molecule has 5 aromatic carbocycles. The number of hydrogen-bond donors (Lipinski definition) is 1. The van der Waals surface area contributed by atoms with Gasteiger partial charge >= 0.3 is 12.1 Å². The van der Waals surface area contributed by atoms with Crippen LogP contribution in [0.1, 0.15) is 0 Å². The fourth-order valence-corrected chi connectivity index (χ4v) is 4.02. The maximum absolute atomic E-state index is 13.6. The highest BCUT2D eigenvalue weighted by Crippen LogP contribution is 2.31. The molecule has 0 saturated heterocycles. The predicted octanol–water partition coefficient (Wildman–Crippen LogP) is 8.39. The molecule has 0 atom stereocenters. The molecular weight excluding hydrogens is 474 g/mol. The Bertz CT molecular complexity index is 1300. The topological polar surface area (TPSA) is 61.9 Å². The quantitative estimate of drug-likeness (QED) is 0.255. The number of carbonyl (C=O) groups excluding carboxylic acids is 2. The Morgan fingerprint density at radius 3 is 1.29 bits per heavy atom. The molecule has 38 heavy (non-hydrogen) atoms. The van der Waals surface area contributed by atoms with Crippen LogP contribution in [-0.2, 0) is 0 Å². The fourth-order valence-electron chi connectivity index (χ4n) is 4.02. The number of benzene rings is 5. The largest absolute Gasteiger partial charge is 0.424 e. The van der Waals surface area contributed by atoms with Crippen LogP contribution < -0.4 is 19.9 Å². The number of para-hydroxylation sites is 6. The molecule has 0 aliphatic carbocycles.